The summed E-state index contributed by atoms with van der Waals surface area (Å²) in [5.41, 5.74) is 0. The Hall–Kier alpha value is -1.55. The van der Waals surface area contributed by atoms with E-state index < -0.39 is 0 Å². The zero-order chi connectivity index (χ0) is 12.8. The van der Waals surface area contributed by atoms with E-state index >= 15 is 0 Å². The zero-order valence-corrected chi connectivity index (χ0v) is 10.4. The van der Waals surface area contributed by atoms with E-state index in [9.17, 15) is 4.79 Å². The number of ether oxygens (including phenoxy) is 1. The lowest BCUT2D eigenvalue weighted by Gasteiger charge is -2.21. The fraction of sp³-hybridized carbons (Fsp3) is 0.500. The maximum Gasteiger partial charge on any atom is 0.226 e. The molecule has 0 bridgehead atoms. The van der Waals surface area contributed by atoms with Gasteiger partial charge >= 0.3 is 0 Å². The molecule has 0 spiro atoms. The lowest BCUT2D eigenvalue weighted by Crippen LogP contribution is -2.36. The van der Waals surface area contributed by atoms with Crippen LogP contribution in [0.1, 0.15) is 19.3 Å². The smallest absolute Gasteiger partial charge is 0.226 e. The Bertz CT molecular complexity index is 376. The van der Waals surface area contributed by atoms with E-state index in [-0.39, 0.29) is 12.5 Å². The second kappa shape index (κ2) is 6.40. The third-order valence-corrected chi connectivity index (χ3v) is 2.98. The minimum absolute atomic E-state index is 0.0295. The summed E-state index contributed by atoms with van der Waals surface area (Å²) in [6, 6.07) is 9.82. The number of nitrogens with zero attached hydrogens (tertiary/aromatic N) is 1. The molecular formula is C14H19NO3. The molecule has 0 heterocycles. The summed E-state index contributed by atoms with van der Waals surface area (Å²) in [7, 11) is 0. The van der Waals surface area contributed by atoms with Gasteiger partial charge in [0.2, 0.25) is 5.91 Å². The Labute approximate surface area is 107 Å². The van der Waals surface area contributed by atoms with Crippen LogP contribution in [0.4, 0.5) is 0 Å². The number of aliphatic hydroxyl groups is 1. The molecule has 1 aliphatic carbocycles. The maximum absolute atomic E-state index is 11.9. The highest BCUT2D eigenvalue weighted by Gasteiger charge is 2.31. The van der Waals surface area contributed by atoms with Gasteiger partial charge in [-0.05, 0) is 25.0 Å². The van der Waals surface area contributed by atoms with Crippen molar-refractivity contribution < 1.29 is 14.6 Å². The number of rotatable bonds is 7. The SMILES string of the molecule is O=C(CCOc1ccccc1)N(CCO)C1CC1. The van der Waals surface area contributed by atoms with E-state index in [0.717, 1.165) is 18.6 Å². The fourth-order valence-electron chi connectivity index (χ4n) is 1.92. The van der Waals surface area contributed by atoms with Crippen molar-refractivity contribution >= 4 is 5.91 Å². The van der Waals surface area contributed by atoms with Crippen molar-refractivity contribution in [3.05, 3.63) is 30.3 Å². The monoisotopic (exact) mass is 249 g/mol. The molecule has 0 aliphatic heterocycles. The summed E-state index contributed by atoms with van der Waals surface area (Å²) in [4.78, 5) is 13.7. The molecule has 18 heavy (non-hydrogen) atoms. The zero-order valence-electron chi connectivity index (χ0n) is 10.4. The molecule has 0 aromatic heterocycles. The van der Waals surface area contributed by atoms with Crippen molar-refractivity contribution in [1.82, 2.24) is 4.90 Å². The largest absolute Gasteiger partial charge is 0.493 e. The van der Waals surface area contributed by atoms with Crippen molar-refractivity contribution in [1.29, 1.82) is 0 Å². The molecule has 1 saturated carbocycles. The molecule has 1 fully saturated rings. The van der Waals surface area contributed by atoms with Crippen molar-refractivity contribution in [3.8, 4) is 5.75 Å². The van der Waals surface area contributed by atoms with Crippen LogP contribution in [-0.4, -0.2) is 41.7 Å². The summed E-state index contributed by atoms with van der Waals surface area (Å²) in [5, 5.41) is 8.94. The number of hydrogen-bond donors (Lipinski definition) is 1. The van der Waals surface area contributed by atoms with Gasteiger partial charge in [-0.1, -0.05) is 18.2 Å². The number of carbonyl (C=O) groups excluding carboxylic acids is 1. The van der Waals surface area contributed by atoms with Gasteiger partial charge in [0.25, 0.3) is 0 Å². The summed E-state index contributed by atoms with van der Waals surface area (Å²) in [6.07, 6.45) is 2.49. The number of para-hydroxylation sites is 1. The number of carbonyl (C=O) groups is 1. The molecule has 0 radical (unpaired) electrons. The summed E-state index contributed by atoms with van der Waals surface area (Å²) in [6.45, 7) is 0.855. The van der Waals surface area contributed by atoms with Crippen LogP contribution < -0.4 is 4.74 Å². The van der Waals surface area contributed by atoms with E-state index in [1.165, 1.54) is 0 Å². The molecule has 4 heteroatoms. The molecule has 98 valence electrons. The van der Waals surface area contributed by atoms with Crippen LogP contribution in [-0.2, 0) is 4.79 Å². The third kappa shape index (κ3) is 3.74. The highest BCUT2D eigenvalue weighted by atomic mass is 16.5. The lowest BCUT2D eigenvalue weighted by molar-refractivity contribution is -0.132. The fourth-order valence-corrected chi connectivity index (χ4v) is 1.92. The first-order chi connectivity index (χ1) is 8.81. The van der Waals surface area contributed by atoms with Gasteiger partial charge in [0.05, 0.1) is 19.6 Å². The second-order valence-electron chi connectivity index (χ2n) is 4.45. The van der Waals surface area contributed by atoms with Gasteiger partial charge in [-0.15, -0.1) is 0 Å². The lowest BCUT2D eigenvalue weighted by atomic mass is 10.3. The van der Waals surface area contributed by atoms with Crippen molar-refractivity contribution in [2.45, 2.75) is 25.3 Å². The van der Waals surface area contributed by atoms with Gasteiger partial charge in [0.1, 0.15) is 5.75 Å². The van der Waals surface area contributed by atoms with Crippen LogP contribution in [0.2, 0.25) is 0 Å². The van der Waals surface area contributed by atoms with Crippen LogP contribution in [0.15, 0.2) is 30.3 Å². The quantitative estimate of drug-likeness (QED) is 0.795. The molecule has 0 saturated heterocycles. The van der Waals surface area contributed by atoms with Gasteiger partial charge in [-0.2, -0.15) is 0 Å². The molecule has 0 atom stereocenters. The Morgan fingerprint density at radius 2 is 2.06 bits per heavy atom. The number of amides is 1. The van der Waals surface area contributed by atoms with Gasteiger partial charge in [-0.25, -0.2) is 0 Å². The number of aliphatic hydroxyl groups excluding tert-OH is 1. The molecule has 1 aromatic rings. The first-order valence-electron chi connectivity index (χ1n) is 6.39. The average molecular weight is 249 g/mol. The Kier molecular flexibility index (Phi) is 4.59. The first kappa shape index (κ1) is 12.9. The Morgan fingerprint density at radius 3 is 2.67 bits per heavy atom. The van der Waals surface area contributed by atoms with Crippen molar-refractivity contribution in [2.75, 3.05) is 19.8 Å². The number of benzene rings is 1. The molecule has 2 rings (SSSR count). The van der Waals surface area contributed by atoms with Gasteiger partial charge in [-0.3, -0.25) is 4.79 Å². The van der Waals surface area contributed by atoms with Crippen LogP contribution in [0.5, 0.6) is 5.75 Å². The molecule has 0 unspecified atom stereocenters. The van der Waals surface area contributed by atoms with Crippen LogP contribution in [0.3, 0.4) is 0 Å². The summed E-state index contributed by atoms with van der Waals surface area (Å²) in [5.74, 6) is 0.855. The van der Waals surface area contributed by atoms with E-state index in [1.54, 1.807) is 4.90 Å². The predicted octanol–water partition coefficient (Wildman–Crippen LogP) is 1.44. The molecular weight excluding hydrogens is 230 g/mol. The number of hydrogen-bond acceptors (Lipinski definition) is 3. The van der Waals surface area contributed by atoms with E-state index in [4.69, 9.17) is 9.84 Å². The Morgan fingerprint density at radius 1 is 1.33 bits per heavy atom. The standard InChI is InChI=1S/C14H19NO3/c16-10-9-15(12-6-7-12)14(17)8-11-18-13-4-2-1-3-5-13/h1-5,12,16H,6-11H2. The molecule has 1 amide bonds. The molecule has 1 N–H and O–H groups in total. The van der Waals surface area contributed by atoms with Gasteiger partial charge in [0.15, 0.2) is 0 Å². The molecule has 4 nitrogen and oxygen atoms in total. The van der Waals surface area contributed by atoms with Crippen LogP contribution in [0, 0.1) is 0 Å². The molecule has 1 aromatic carbocycles. The highest BCUT2D eigenvalue weighted by molar-refractivity contribution is 5.77. The minimum Gasteiger partial charge on any atom is -0.493 e. The van der Waals surface area contributed by atoms with Crippen molar-refractivity contribution in [2.24, 2.45) is 0 Å². The molecule has 1 aliphatic rings. The Balaban J connectivity index is 1.73. The van der Waals surface area contributed by atoms with Crippen LogP contribution in [0.25, 0.3) is 0 Å². The van der Waals surface area contributed by atoms with Crippen molar-refractivity contribution in [3.63, 3.8) is 0 Å². The average Bonchev–Trinajstić information content (AvgIpc) is 3.21. The predicted molar refractivity (Wildman–Crippen MR) is 68.4 cm³/mol. The van der Waals surface area contributed by atoms with E-state index in [1.807, 2.05) is 30.3 Å². The van der Waals surface area contributed by atoms with E-state index in [2.05, 4.69) is 0 Å². The summed E-state index contributed by atoms with van der Waals surface area (Å²) >= 11 is 0. The second-order valence-corrected chi connectivity index (χ2v) is 4.45. The van der Waals surface area contributed by atoms with Gasteiger partial charge in [0, 0.05) is 12.6 Å². The first-order valence-corrected chi connectivity index (χ1v) is 6.39. The normalized spacial score (nSPS) is 14.3. The minimum atomic E-state index is 0.0295. The topological polar surface area (TPSA) is 49.8 Å². The highest BCUT2D eigenvalue weighted by Crippen LogP contribution is 2.27. The third-order valence-electron chi connectivity index (χ3n) is 2.98. The summed E-state index contributed by atoms with van der Waals surface area (Å²) < 4.78 is 5.50. The maximum atomic E-state index is 11.9. The van der Waals surface area contributed by atoms with Crippen LogP contribution >= 0.6 is 0 Å². The van der Waals surface area contributed by atoms with E-state index in [0.29, 0.717) is 25.6 Å². The van der Waals surface area contributed by atoms with Gasteiger partial charge < -0.3 is 14.7 Å².